The van der Waals surface area contributed by atoms with Crippen molar-refractivity contribution in [2.45, 2.75) is 33.1 Å². The van der Waals surface area contributed by atoms with Crippen LogP contribution >= 0.6 is 0 Å². The monoisotopic (exact) mass is 415 g/mol. The van der Waals surface area contributed by atoms with Gasteiger partial charge in [-0.1, -0.05) is 12.1 Å². The molecule has 4 rings (SSSR count). The molecule has 0 saturated heterocycles. The van der Waals surface area contributed by atoms with Gasteiger partial charge in [0, 0.05) is 17.7 Å². The number of allylic oxidation sites excluding steroid dienone is 1. The third-order valence-corrected chi connectivity index (χ3v) is 5.26. The van der Waals surface area contributed by atoms with E-state index in [2.05, 4.69) is 6.07 Å². The molecule has 0 fully saturated rings. The van der Waals surface area contributed by atoms with Gasteiger partial charge in [0.2, 0.25) is 5.88 Å². The molecule has 0 radical (unpaired) electrons. The molecule has 31 heavy (non-hydrogen) atoms. The van der Waals surface area contributed by atoms with Crippen molar-refractivity contribution in [3.05, 3.63) is 74.9 Å². The highest BCUT2D eigenvalue weighted by Crippen LogP contribution is 2.42. The fourth-order valence-corrected chi connectivity index (χ4v) is 3.97. The molecule has 0 atom stereocenters. The van der Waals surface area contributed by atoms with E-state index in [1.54, 1.807) is 12.1 Å². The highest BCUT2D eigenvalue weighted by molar-refractivity contribution is 5.87. The van der Waals surface area contributed by atoms with Gasteiger partial charge in [-0.15, -0.1) is 0 Å². The molecular weight excluding hydrogens is 394 g/mol. The zero-order valence-electron chi connectivity index (χ0n) is 17.3. The van der Waals surface area contributed by atoms with Crippen LogP contribution in [-0.4, -0.2) is 16.5 Å². The van der Waals surface area contributed by atoms with Gasteiger partial charge in [-0.2, -0.15) is 5.26 Å². The van der Waals surface area contributed by atoms with Crippen LogP contribution in [0.5, 0.6) is 5.88 Å². The summed E-state index contributed by atoms with van der Waals surface area (Å²) in [4.78, 5) is 15.6. The molecule has 1 aliphatic rings. The minimum atomic E-state index is -0.433. The van der Waals surface area contributed by atoms with Gasteiger partial charge in [-0.3, -0.25) is 10.1 Å². The Bertz CT molecular complexity index is 1230. The predicted molar refractivity (Wildman–Crippen MR) is 116 cm³/mol. The number of aryl methyl sites for hydroxylation is 1. The number of aromatic nitrogens is 1. The molecule has 7 heteroatoms. The van der Waals surface area contributed by atoms with Crippen LogP contribution in [-0.2, 0) is 6.42 Å². The Morgan fingerprint density at radius 2 is 2.16 bits per heavy atom. The second-order valence-electron chi connectivity index (χ2n) is 7.32. The van der Waals surface area contributed by atoms with Crippen LogP contribution < -0.4 is 4.74 Å². The second-order valence-corrected chi connectivity index (χ2v) is 7.32. The van der Waals surface area contributed by atoms with E-state index in [0.717, 1.165) is 47.6 Å². The minimum Gasteiger partial charge on any atom is -0.477 e. The molecule has 0 saturated carbocycles. The minimum absolute atomic E-state index is 0.0254. The smallest absolute Gasteiger partial charge is 0.270 e. The number of nitro benzene ring substituents is 1. The maximum atomic E-state index is 11.3. The summed E-state index contributed by atoms with van der Waals surface area (Å²) in [5, 5.41) is 21.3. The summed E-state index contributed by atoms with van der Waals surface area (Å²) in [6, 6.07) is 12.4. The van der Waals surface area contributed by atoms with E-state index in [0.29, 0.717) is 23.3 Å². The number of hydrogen-bond acceptors (Lipinski definition) is 6. The standard InChI is InChI=1S/C24H21N3O4/c1-3-30-24-21(14-25)22(16-6-4-8-18(12-16)27(28)29)20-9-5-7-17(23(20)26-24)13-19-11-10-15(2)31-19/h4,6,8,10-13H,3,5,7,9H2,1-2H3. The Hall–Kier alpha value is -3.92. The molecule has 1 aliphatic carbocycles. The lowest BCUT2D eigenvalue weighted by Gasteiger charge is -2.23. The van der Waals surface area contributed by atoms with Gasteiger partial charge in [0.05, 0.1) is 17.2 Å². The molecule has 0 aliphatic heterocycles. The molecule has 0 N–H and O–H groups in total. The van der Waals surface area contributed by atoms with Crippen molar-refractivity contribution in [2.75, 3.05) is 6.61 Å². The fraction of sp³-hybridized carbons (Fsp3) is 0.250. The van der Waals surface area contributed by atoms with Crippen LogP contribution in [0.25, 0.3) is 22.8 Å². The molecule has 7 nitrogen and oxygen atoms in total. The number of furan rings is 1. The Morgan fingerprint density at radius 1 is 1.32 bits per heavy atom. The van der Waals surface area contributed by atoms with Crippen molar-refractivity contribution in [3.8, 4) is 23.1 Å². The molecule has 3 aromatic rings. The molecule has 1 aromatic carbocycles. The second kappa shape index (κ2) is 8.44. The van der Waals surface area contributed by atoms with Crippen LogP contribution in [0.15, 0.2) is 40.8 Å². The lowest BCUT2D eigenvalue weighted by Crippen LogP contribution is -2.11. The first kappa shape index (κ1) is 20.4. The van der Waals surface area contributed by atoms with Crippen LogP contribution in [0.4, 0.5) is 5.69 Å². The van der Waals surface area contributed by atoms with Crippen LogP contribution in [0, 0.1) is 28.4 Å². The molecule has 0 spiro atoms. The summed E-state index contributed by atoms with van der Waals surface area (Å²) in [5.74, 6) is 1.80. The number of benzene rings is 1. The van der Waals surface area contributed by atoms with E-state index in [-0.39, 0.29) is 11.6 Å². The lowest BCUT2D eigenvalue weighted by atomic mass is 9.84. The van der Waals surface area contributed by atoms with Crippen molar-refractivity contribution < 1.29 is 14.1 Å². The summed E-state index contributed by atoms with van der Waals surface area (Å²) < 4.78 is 11.4. The Balaban J connectivity index is 1.98. The largest absolute Gasteiger partial charge is 0.477 e. The van der Waals surface area contributed by atoms with Gasteiger partial charge < -0.3 is 9.15 Å². The lowest BCUT2D eigenvalue weighted by molar-refractivity contribution is -0.384. The average Bonchev–Trinajstić information content (AvgIpc) is 3.18. The Kier molecular flexibility index (Phi) is 5.54. The summed E-state index contributed by atoms with van der Waals surface area (Å²) in [6.45, 7) is 4.07. The van der Waals surface area contributed by atoms with Crippen molar-refractivity contribution >= 4 is 17.3 Å². The molecule has 0 amide bonds. The molecule has 156 valence electrons. The molecule has 2 heterocycles. The van der Waals surface area contributed by atoms with Crippen molar-refractivity contribution in [1.29, 1.82) is 5.26 Å². The van der Waals surface area contributed by atoms with E-state index in [4.69, 9.17) is 14.1 Å². The number of nitro groups is 1. The zero-order valence-corrected chi connectivity index (χ0v) is 17.3. The number of nitriles is 1. The highest BCUT2D eigenvalue weighted by Gasteiger charge is 2.27. The Labute approximate surface area is 179 Å². The fourth-order valence-electron chi connectivity index (χ4n) is 3.97. The molecule has 0 unspecified atom stereocenters. The first-order valence-electron chi connectivity index (χ1n) is 10.1. The number of fused-ring (bicyclic) bond motifs is 1. The number of ether oxygens (including phenoxy) is 1. The van der Waals surface area contributed by atoms with Gasteiger partial charge in [0.1, 0.15) is 23.2 Å². The maximum absolute atomic E-state index is 11.3. The highest BCUT2D eigenvalue weighted by atomic mass is 16.6. The van der Waals surface area contributed by atoms with Gasteiger partial charge in [-0.25, -0.2) is 4.98 Å². The maximum Gasteiger partial charge on any atom is 0.270 e. The van der Waals surface area contributed by atoms with Crippen LogP contribution in [0.3, 0.4) is 0 Å². The topological polar surface area (TPSA) is 102 Å². The quantitative estimate of drug-likeness (QED) is 0.391. The average molecular weight is 415 g/mol. The number of rotatable bonds is 5. The van der Waals surface area contributed by atoms with Gasteiger partial charge in [-0.05, 0) is 68.0 Å². The normalized spacial score (nSPS) is 14.2. The van der Waals surface area contributed by atoms with Crippen LogP contribution in [0.2, 0.25) is 0 Å². The summed E-state index contributed by atoms with van der Waals surface area (Å²) in [6.07, 6.45) is 4.37. The summed E-state index contributed by atoms with van der Waals surface area (Å²) in [5.41, 5.74) is 4.19. The number of pyridine rings is 1. The van der Waals surface area contributed by atoms with Crippen LogP contribution in [0.1, 0.15) is 48.1 Å². The third kappa shape index (κ3) is 3.92. The van der Waals surface area contributed by atoms with Gasteiger partial charge >= 0.3 is 0 Å². The Morgan fingerprint density at radius 3 is 2.84 bits per heavy atom. The predicted octanol–water partition coefficient (Wildman–Crippen LogP) is 5.71. The van der Waals surface area contributed by atoms with E-state index in [9.17, 15) is 15.4 Å². The van der Waals surface area contributed by atoms with Gasteiger partial charge in [0.15, 0.2) is 0 Å². The summed E-state index contributed by atoms with van der Waals surface area (Å²) >= 11 is 0. The number of nitrogens with zero attached hydrogens (tertiary/aromatic N) is 3. The van der Waals surface area contributed by atoms with Gasteiger partial charge in [0.25, 0.3) is 5.69 Å². The zero-order chi connectivity index (χ0) is 22.0. The molecule has 0 bridgehead atoms. The van der Waals surface area contributed by atoms with Crippen molar-refractivity contribution in [1.82, 2.24) is 4.98 Å². The third-order valence-electron chi connectivity index (χ3n) is 5.26. The number of hydrogen-bond donors (Lipinski definition) is 0. The first-order chi connectivity index (χ1) is 15.0. The van der Waals surface area contributed by atoms with Crippen molar-refractivity contribution in [2.24, 2.45) is 0 Å². The molecule has 2 aromatic heterocycles. The number of non-ortho nitro benzene ring substituents is 1. The summed E-state index contributed by atoms with van der Waals surface area (Å²) in [7, 11) is 0. The van der Waals surface area contributed by atoms with E-state index in [1.807, 2.05) is 32.1 Å². The van der Waals surface area contributed by atoms with E-state index >= 15 is 0 Å². The molecular formula is C24H21N3O4. The first-order valence-corrected chi connectivity index (χ1v) is 10.1. The van der Waals surface area contributed by atoms with E-state index in [1.165, 1.54) is 12.1 Å². The van der Waals surface area contributed by atoms with Crippen molar-refractivity contribution in [3.63, 3.8) is 0 Å². The SMILES string of the molecule is CCOc1nc2c(c(-c3cccc([N+](=O)[O-])c3)c1C#N)CCCC2=Cc1ccc(C)o1. The van der Waals surface area contributed by atoms with E-state index < -0.39 is 4.92 Å².